The molecule has 254 valence electrons. The van der Waals surface area contributed by atoms with Crippen molar-refractivity contribution in [2.24, 2.45) is 0 Å². The van der Waals surface area contributed by atoms with Crippen molar-refractivity contribution in [1.82, 2.24) is 9.13 Å². The van der Waals surface area contributed by atoms with Crippen molar-refractivity contribution in [3.63, 3.8) is 0 Å². The third-order valence-corrected chi connectivity index (χ3v) is 13.3. The molecule has 2 aromatic heterocycles. The van der Waals surface area contributed by atoms with Gasteiger partial charge in [-0.05, 0) is 55.5 Å². The van der Waals surface area contributed by atoms with Gasteiger partial charge in [-0.3, -0.25) is 0 Å². The first-order valence-electron chi connectivity index (χ1n) is 19.8. The van der Waals surface area contributed by atoms with Gasteiger partial charge in [0, 0.05) is 54.7 Å². The van der Waals surface area contributed by atoms with E-state index in [1.165, 1.54) is 120 Å². The van der Waals surface area contributed by atoms with Crippen molar-refractivity contribution >= 4 is 122 Å². The first kappa shape index (κ1) is 29.3. The maximum Gasteiger partial charge on any atom is 0.247 e. The fourth-order valence-electron chi connectivity index (χ4n) is 11.4. The van der Waals surface area contributed by atoms with Crippen LogP contribution in [0.5, 0.6) is 0 Å². The quantitative estimate of drug-likeness (QED) is 0.126. The van der Waals surface area contributed by atoms with E-state index in [-0.39, 0.29) is 13.4 Å². The van der Waals surface area contributed by atoms with E-state index in [2.05, 4.69) is 191 Å². The summed E-state index contributed by atoms with van der Waals surface area (Å²) < 4.78 is 5.25. The molecule has 2 nitrogen and oxygen atoms in total. The van der Waals surface area contributed by atoms with Gasteiger partial charge in [0.15, 0.2) is 0 Å². The molecular weight excluding hydrogens is 674 g/mol. The maximum absolute atomic E-state index is 2.62. The minimum Gasteiger partial charge on any atom is -0.310 e. The number of hydrogen-bond acceptors (Lipinski definition) is 0. The van der Waals surface area contributed by atoms with Crippen LogP contribution in [-0.2, 0) is 0 Å². The number of benzene rings is 10. The molecule has 0 saturated heterocycles. The van der Waals surface area contributed by atoms with Crippen molar-refractivity contribution in [3.05, 3.63) is 182 Å². The van der Waals surface area contributed by atoms with E-state index in [9.17, 15) is 0 Å². The number of rotatable bonds is 2. The summed E-state index contributed by atoms with van der Waals surface area (Å²) in [4.78, 5) is 0. The Labute approximate surface area is 323 Å². The Kier molecular flexibility index (Phi) is 5.44. The van der Waals surface area contributed by atoms with Gasteiger partial charge in [-0.25, -0.2) is 0 Å². The molecular formula is C52H30B2N2. The predicted octanol–water partition coefficient (Wildman–Crippen LogP) is 8.44. The van der Waals surface area contributed by atoms with E-state index in [1.54, 1.807) is 0 Å². The maximum atomic E-state index is 2.62. The molecule has 0 amide bonds. The van der Waals surface area contributed by atoms with E-state index >= 15 is 0 Å². The van der Waals surface area contributed by atoms with Crippen LogP contribution in [0, 0.1) is 0 Å². The fourth-order valence-corrected chi connectivity index (χ4v) is 11.4. The molecule has 0 saturated carbocycles. The minimum atomic E-state index is 0.0636. The zero-order valence-electron chi connectivity index (χ0n) is 30.4. The summed E-state index contributed by atoms with van der Waals surface area (Å²) >= 11 is 0. The summed E-state index contributed by atoms with van der Waals surface area (Å²) in [5.41, 5.74) is 16.0. The summed E-state index contributed by atoms with van der Waals surface area (Å²) in [5, 5.41) is 13.3. The van der Waals surface area contributed by atoms with Gasteiger partial charge in [0.1, 0.15) is 0 Å². The second kappa shape index (κ2) is 10.4. The van der Waals surface area contributed by atoms with Crippen LogP contribution >= 0.6 is 0 Å². The number of aromatic nitrogens is 2. The highest BCUT2D eigenvalue weighted by molar-refractivity contribution is 7.01. The first-order chi connectivity index (χ1) is 27.9. The van der Waals surface area contributed by atoms with Gasteiger partial charge < -0.3 is 9.13 Å². The second-order valence-electron chi connectivity index (χ2n) is 15.9. The van der Waals surface area contributed by atoms with E-state index in [0.717, 1.165) is 0 Å². The highest BCUT2D eigenvalue weighted by atomic mass is 15.0. The van der Waals surface area contributed by atoms with Crippen LogP contribution < -0.4 is 32.8 Å². The summed E-state index contributed by atoms with van der Waals surface area (Å²) in [6, 6.07) is 68.7. The highest BCUT2D eigenvalue weighted by Crippen LogP contribution is 2.45. The van der Waals surface area contributed by atoms with E-state index in [0.29, 0.717) is 0 Å². The normalized spacial score (nSPS) is 13.3. The van der Waals surface area contributed by atoms with Crippen molar-refractivity contribution in [3.8, 4) is 11.4 Å². The third-order valence-electron chi connectivity index (χ3n) is 13.3. The average molecular weight is 704 g/mol. The lowest BCUT2D eigenvalue weighted by molar-refractivity contribution is 1.21. The van der Waals surface area contributed by atoms with Gasteiger partial charge in [0.2, 0.25) is 13.4 Å². The standard InChI is InChI=1S/C52H30B2N2/c1-3-15-31(16-4-1)53-41-27-13-21-35-33-19-7-9-29-43(33)55(49(35)41)51-39-25-12-24-38-46(39)45-37(47(51)53)23-11-26-40(45)52-48(38)54(32-17-5-2-6-18-32)42-28-14-22-36-34-20-8-10-30-44(34)56(52)50(36)42/h1-30H. The molecule has 0 bridgehead atoms. The average Bonchev–Trinajstić information content (AvgIpc) is 3.79. The molecule has 10 aromatic carbocycles. The van der Waals surface area contributed by atoms with Gasteiger partial charge >= 0.3 is 0 Å². The van der Waals surface area contributed by atoms with Crippen LogP contribution in [0.25, 0.3) is 87.3 Å². The molecule has 0 aliphatic carbocycles. The summed E-state index contributed by atoms with van der Waals surface area (Å²) in [6.45, 7) is 0.127. The summed E-state index contributed by atoms with van der Waals surface area (Å²) in [6.07, 6.45) is 0. The number of nitrogens with zero attached hydrogens (tertiary/aromatic N) is 2. The third kappa shape index (κ3) is 3.40. The molecule has 0 radical (unpaired) electrons. The Morgan fingerprint density at radius 1 is 0.286 bits per heavy atom. The van der Waals surface area contributed by atoms with Crippen LogP contribution in [0.1, 0.15) is 0 Å². The number of fused-ring (bicyclic) bond motifs is 14. The Bertz CT molecular complexity index is 3410. The van der Waals surface area contributed by atoms with Crippen LogP contribution in [0.4, 0.5) is 0 Å². The summed E-state index contributed by atoms with van der Waals surface area (Å²) in [5.74, 6) is 0. The predicted molar refractivity (Wildman–Crippen MR) is 241 cm³/mol. The molecule has 2 aliphatic heterocycles. The van der Waals surface area contributed by atoms with Gasteiger partial charge in [-0.2, -0.15) is 0 Å². The molecule has 4 heterocycles. The SMILES string of the molecule is c1ccc(B2c3c(c4cccc5c6c(c7cccc3c7c54)-n3c4ccccc4c4cccc(c43)B6c3ccccc3)-n3c4ccccc4c4cccc2c43)cc1. The zero-order valence-corrected chi connectivity index (χ0v) is 30.4. The molecule has 2 aliphatic rings. The van der Waals surface area contributed by atoms with Gasteiger partial charge in [0.25, 0.3) is 0 Å². The van der Waals surface area contributed by atoms with Crippen molar-refractivity contribution in [1.29, 1.82) is 0 Å². The first-order valence-corrected chi connectivity index (χ1v) is 19.8. The van der Waals surface area contributed by atoms with Gasteiger partial charge in [-0.1, -0.05) is 181 Å². The fraction of sp³-hybridized carbons (Fsp3) is 0. The molecule has 0 unspecified atom stereocenters. The van der Waals surface area contributed by atoms with Gasteiger partial charge in [-0.15, -0.1) is 0 Å². The monoisotopic (exact) mass is 704 g/mol. The number of hydrogen-bond donors (Lipinski definition) is 0. The van der Waals surface area contributed by atoms with Crippen molar-refractivity contribution in [2.45, 2.75) is 0 Å². The smallest absolute Gasteiger partial charge is 0.247 e. The molecule has 0 fully saturated rings. The van der Waals surface area contributed by atoms with Crippen LogP contribution in [0.15, 0.2) is 182 Å². The lowest BCUT2D eigenvalue weighted by Crippen LogP contribution is -2.57. The van der Waals surface area contributed by atoms with Crippen molar-refractivity contribution < 1.29 is 0 Å². The Balaban J connectivity index is 1.26. The lowest BCUT2D eigenvalue weighted by Gasteiger charge is -2.34. The molecule has 56 heavy (non-hydrogen) atoms. The van der Waals surface area contributed by atoms with Gasteiger partial charge in [0.05, 0.1) is 11.0 Å². The Morgan fingerprint density at radius 2 is 0.643 bits per heavy atom. The molecule has 14 rings (SSSR count). The van der Waals surface area contributed by atoms with E-state index in [4.69, 9.17) is 0 Å². The molecule has 0 N–H and O–H groups in total. The molecule has 0 atom stereocenters. The minimum absolute atomic E-state index is 0.0636. The Morgan fingerprint density at radius 3 is 1.11 bits per heavy atom. The van der Waals surface area contributed by atoms with Crippen LogP contribution in [0.3, 0.4) is 0 Å². The van der Waals surface area contributed by atoms with Crippen molar-refractivity contribution in [2.75, 3.05) is 0 Å². The summed E-state index contributed by atoms with van der Waals surface area (Å²) in [7, 11) is 0. The molecule has 4 heteroatoms. The number of para-hydroxylation sites is 4. The lowest BCUT2D eigenvalue weighted by atomic mass is 9.34. The molecule has 0 spiro atoms. The molecule has 12 aromatic rings. The Hall–Kier alpha value is -7.03. The topological polar surface area (TPSA) is 9.86 Å². The zero-order chi connectivity index (χ0) is 36.2. The van der Waals surface area contributed by atoms with E-state index in [1.807, 2.05) is 0 Å². The van der Waals surface area contributed by atoms with Crippen LogP contribution in [0.2, 0.25) is 0 Å². The van der Waals surface area contributed by atoms with Crippen LogP contribution in [-0.4, -0.2) is 22.6 Å². The van der Waals surface area contributed by atoms with E-state index < -0.39 is 0 Å². The highest BCUT2D eigenvalue weighted by Gasteiger charge is 2.40. The second-order valence-corrected chi connectivity index (χ2v) is 15.9. The largest absolute Gasteiger partial charge is 0.310 e.